The van der Waals surface area contributed by atoms with E-state index in [1.165, 1.54) is 7.11 Å². The smallest absolute Gasteiger partial charge is 0.308 e. The molecule has 0 radical (unpaired) electrons. The van der Waals surface area contributed by atoms with Gasteiger partial charge in [0, 0.05) is 23.7 Å². The van der Waals surface area contributed by atoms with Gasteiger partial charge in [-0.25, -0.2) is 0 Å². The van der Waals surface area contributed by atoms with Crippen LogP contribution in [0.4, 0.5) is 0 Å². The van der Waals surface area contributed by atoms with Crippen molar-refractivity contribution in [2.24, 2.45) is 5.92 Å². The molecule has 1 fully saturated rings. The van der Waals surface area contributed by atoms with Crippen molar-refractivity contribution in [3.8, 4) is 0 Å². The van der Waals surface area contributed by atoms with E-state index in [-0.39, 0.29) is 23.8 Å². The first-order valence-electron chi connectivity index (χ1n) is 7.13. The predicted molar refractivity (Wildman–Crippen MR) is 81.3 cm³/mol. The van der Waals surface area contributed by atoms with Crippen LogP contribution >= 0.6 is 11.6 Å². The lowest BCUT2D eigenvalue weighted by molar-refractivity contribution is -0.147. The van der Waals surface area contributed by atoms with Crippen LogP contribution in [0.15, 0.2) is 24.3 Å². The van der Waals surface area contributed by atoms with Gasteiger partial charge in [-0.15, -0.1) is 0 Å². The number of hydrogen-bond donors (Lipinski definition) is 0. The maximum Gasteiger partial charge on any atom is 0.308 e. The second-order valence-electron chi connectivity index (χ2n) is 5.47. The van der Waals surface area contributed by atoms with Crippen molar-refractivity contribution in [3.63, 3.8) is 0 Å². The van der Waals surface area contributed by atoms with Crippen LogP contribution < -0.4 is 0 Å². The number of carbonyl (C=O) groups excluding carboxylic acids is 2. The molecule has 1 amide bonds. The zero-order chi connectivity index (χ0) is 15.4. The quantitative estimate of drug-likeness (QED) is 0.806. The van der Waals surface area contributed by atoms with Crippen molar-refractivity contribution in [1.29, 1.82) is 0 Å². The molecule has 0 spiro atoms. The first kappa shape index (κ1) is 15.8. The first-order chi connectivity index (χ1) is 10.0. The van der Waals surface area contributed by atoms with Crippen molar-refractivity contribution < 1.29 is 14.3 Å². The van der Waals surface area contributed by atoms with E-state index in [0.717, 1.165) is 19.3 Å². The van der Waals surface area contributed by atoms with Gasteiger partial charge in [0.2, 0.25) is 0 Å². The Bertz CT molecular complexity index is 532. The minimum atomic E-state index is -0.177. The molecule has 0 saturated heterocycles. The molecule has 0 bridgehead atoms. The number of esters is 1. The Labute approximate surface area is 130 Å². The summed E-state index contributed by atoms with van der Waals surface area (Å²) in [4.78, 5) is 25.9. The molecule has 1 aromatic rings. The van der Waals surface area contributed by atoms with E-state index < -0.39 is 0 Å². The van der Waals surface area contributed by atoms with E-state index in [4.69, 9.17) is 16.3 Å². The monoisotopic (exact) mass is 309 g/mol. The summed E-state index contributed by atoms with van der Waals surface area (Å²) in [5.74, 6) is -0.348. The normalized spacial score (nSPS) is 21.7. The molecule has 0 aliphatic heterocycles. The number of methoxy groups -OCH3 is 1. The number of rotatable bonds is 3. The maximum absolute atomic E-state index is 12.5. The molecule has 1 aromatic carbocycles. The Kier molecular flexibility index (Phi) is 5.23. The van der Waals surface area contributed by atoms with Crippen LogP contribution in [0.3, 0.4) is 0 Å². The molecule has 1 aliphatic carbocycles. The highest BCUT2D eigenvalue weighted by Gasteiger charge is 2.31. The van der Waals surface area contributed by atoms with E-state index in [0.29, 0.717) is 17.0 Å². The first-order valence-corrected chi connectivity index (χ1v) is 7.51. The Balaban J connectivity index is 2.06. The fraction of sp³-hybridized carbons (Fsp3) is 0.500. The van der Waals surface area contributed by atoms with Crippen LogP contribution in [-0.2, 0) is 9.53 Å². The number of amides is 1. The van der Waals surface area contributed by atoms with Gasteiger partial charge in [-0.2, -0.15) is 0 Å². The average molecular weight is 310 g/mol. The van der Waals surface area contributed by atoms with Gasteiger partial charge >= 0.3 is 5.97 Å². The van der Waals surface area contributed by atoms with E-state index >= 15 is 0 Å². The third kappa shape index (κ3) is 3.76. The SMILES string of the molecule is COC(=O)[C@@H]1CCC[C@H](N(C)C(=O)c2cccc(Cl)c2)C1. The molecule has 0 aromatic heterocycles. The molecule has 21 heavy (non-hydrogen) atoms. The molecule has 114 valence electrons. The van der Waals surface area contributed by atoms with Crippen LogP contribution in [0.5, 0.6) is 0 Å². The Morgan fingerprint density at radius 3 is 2.76 bits per heavy atom. The molecule has 1 aliphatic rings. The van der Waals surface area contributed by atoms with E-state index in [9.17, 15) is 9.59 Å². The van der Waals surface area contributed by atoms with E-state index in [1.54, 1.807) is 36.2 Å². The number of benzene rings is 1. The fourth-order valence-corrected chi connectivity index (χ4v) is 3.08. The van der Waals surface area contributed by atoms with Gasteiger partial charge in [-0.3, -0.25) is 9.59 Å². The number of nitrogens with zero attached hydrogens (tertiary/aromatic N) is 1. The highest BCUT2D eigenvalue weighted by molar-refractivity contribution is 6.30. The molecule has 5 heteroatoms. The highest BCUT2D eigenvalue weighted by Crippen LogP contribution is 2.29. The molecular formula is C16H20ClNO3. The molecule has 2 rings (SSSR count). The number of hydrogen-bond acceptors (Lipinski definition) is 3. The summed E-state index contributed by atoms with van der Waals surface area (Å²) in [6.45, 7) is 0. The van der Waals surface area contributed by atoms with Gasteiger partial charge in [-0.1, -0.05) is 24.1 Å². The van der Waals surface area contributed by atoms with Crippen LogP contribution in [0.25, 0.3) is 0 Å². The van der Waals surface area contributed by atoms with Crippen LogP contribution in [-0.4, -0.2) is 37.0 Å². The van der Waals surface area contributed by atoms with Gasteiger partial charge in [0.25, 0.3) is 5.91 Å². The second-order valence-corrected chi connectivity index (χ2v) is 5.90. The van der Waals surface area contributed by atoms with Gasteiger partial charge in [0.1, 0.15) is 0 Å². The fourth-order valence-electron chi connectivity index (χ4n) is 2.89. The highest BCUT2D eigenvalue weighted by atomic mass is 35.5. The molecule has 2 atom stereocenters. The third-order valence-electron chi connectivity index (χ3n) is 4.12. The van der Waals surface area contributed by atoms with Crippen molar-refractivity contribution in [3.05, 3.63) is 34.9 Å². The topological polar surface area (TPSA) is 46.6 Å². The molecule has 0 unspecified atom stereocenters. The second kappa shape index (κ2) is 6.94. The van der Waals surface area contributed by atoms with Crippen molar-refractivity contribution >= 4 is 23.5 Å². The summed E-state index contributed by atoms with van der Waals surface area (Å²) in [6.07, 6.45) is 3.34. The summed E-state index contributed by atoms with van der Waals surface area (Å²) in [7, 11) is 3.19. The summed E-state index contributed by atoms with van der Waals surface area (Å²) in [5, 5.41) is 0.547. The molecule has 4 nitrogen and oxygen atoms in total. The maximum atomic E-state index is 12.5. The lowest BCUT2D eigenvalue weighted by atomic mass is 9.85. The van der Waals surface area contributed by atoms with Crippen molar-refractivity contribution in [1.82, 2.24) is 4.90 Å². The van der Waals surface area contributed by atoms with Crippen LogP contribution in [0.1, 0.15) is 36.0 Å². The third-order valence-corrected chi connectivity index (χ3v) is 4.36. The van der Waals surface area contributed by atoms with Gasteiger partial charge in [0.15, 0.2) is 0 Å². The predicted octanol–water partition coefficient (Wildman–Crippen LogP) is 3.14. The van der Waals surface area contributed by atoms with Gasteiger partial charge in [0.05, 0.1) is 13.0 Å². The standard InChI is InChI=1S/C16H20ClNO3/c1-18(15(19)11-5-3-7-13(17)9-11)14-8-4-6-12(10-14)16(20)21-2/h3,5,7,9,12,14H,4,6,8,10H2,1-2H3/t12-,14+/m1/s1. The zero-order valence-electron chi connectivity index (χ0n) is 12.3. The molecule has 0 N–H and O–H groups in total. The zero-order valence-corrected chi connectivity index (χ0v) is 13.1. The van der Waals surface area contributed by atoms with Crippen LogP contribution in [0.2, 0.25) is 5.02 Å². The lowest BCUT2D eigenvalue weighted by Crippen LogP contribution is -2.41. The van der Waals surface area contributed by atoms with Crippen LogP contribution in [0, 0.1) is 5.92 Å². The van der Waals surface area contributed by atoms with E-state index in [1.807, 2.05) is 0 Å². The summed E-state index contributed by atoms with van der Waals surface area (Å²) in [6, 6.07) is 6.99. The Hall–Kier alpha value is -1.55. The average Bonchev–Trinajstić information content (AvgIpc) is 2.52. The van der Waals surface area contributed by atoms with Crippen molar-refractivity contribution in [2.45, 2.75) is 31.7 Å². The minimum absolute atomic E-state index is 0.0620. The summed E-state index contributed by atoms with van der Waals surface area (Å²) < 4.78 is 4.82. The Morgan fingerprint density at radius 2 is 2.10 bits per heavy atom. The number of carbonyl (C=O) groups is 2. The number of ether oxygens (including phenoxy) is 1. The van der Waals surface area contributed by atoms with E-state index in [2.05, 4.69) is 0 Å². The van der Waals surface area contributed by atoms with Gasteiger partial charge < -0.3 is 9.64 Å². The molecule has 1 saturated carbocycles. The van der Waals surface area contributed by atoms with Gasteiger partial charge in [-0.05, 0) is 37.5 Å². The lowest BCUT2D eigenvalue weighted by Gasteiger charge is -2.34. The largest absolute Gasteiger partial charge is 0.469 e. The molecule has 0 heterocycles. The summed E-state index contributed by atoms with van der Waals surface area (Å²) >= 11 is 5.93. The minimum Gasteiger partial charge on any atom is -0.469 e. The van der Waals surface area contributed by atoms with Crippen molar-refractivity contribution in [2.75, 3.05) is 14.2 Å². The number of halogens is 1. The Morgan fingerprint density at radius 1 is 1.33 bits per heavy atom. The molecular weight excluding hydrogens is 290 g/mol. The summed E-state index contributed by atoms with van der Waals surface area (Å²) in [5.41, 5.74) is 0.574.